The topological polar surface area (TPSA) is 118 Å². The lowest BCUT2D eigenvalue weighted by Crippen LogP contribution is -2.53. The fourth-order valence-corrected chi connectivity index (χ4v) is 4.04. The molecule has 30 heavy (non-hydrogen) atoms. The van der Waals surface area contributed by atoms with Crippen molar-refractivity contribution in [1.82, 2.24) is 0 Å². The zero-order valence-corrected chi connectivity index (χ0v) is 18.0. The summed E-state index contributed by atoms with van der Waals surface area (Å²) in [6.07, 6.45) is 0.0345. The summed E-state index contributed by atoms with van der Waals surface area (Å²) in [5.41, 5.74) is -1.12. The van der Waals surface area contributed by atoms with Crippen molar-refractivity contribution in [3.8, 4) is 45.6 Å². The molecule has 0 aliphatic heterocycles. The Bertz CT molecular complexity index is 978. The van der Waals surface area contributed by atoms with Crippen molar-refractivity contribution in [2.75, 3.05) is 28.4 Å². The van der Waals surface area contributed by atoms with Crippen LogP contribution in [0.2, 0.25) is 0 Å². The maximum atomic E-state index is 11.2. The van der Waals surface area contributed by atoms with E-state index in [4.69, 9.17) is 18.9 Å². The van der Waals surface area contributed by atoms with Gasteiger partial charge in [-0.15, -0.1) is 0 Å². The quantitative estimate of drug-likeness (QED) is 0.557. The fourth-order valence-electron chi connectivity index (χ4n) is 4.04. The second kappa shape index (κ2) is 7.45. The van der Waals surface area contributed by atoms with Gasteiger partial charge in [0.2, 0.25) is 11.5 Å². The van der Waals surface area contributed by atoms with Crippen molar-refractivity contribution in [2.45, 2.75) is 37.9 Å². The fraction of sp³-hybridized carbons (Fsp3) is 0.455. The van der Waals surface area contributed by atoms with E-state index in [1.54, 1.807) is 13.0 Å². The number of phenols is 2. The molecule has 0 heterocycles. The maximum absolute atomic E-state index is 11.2. The van der Waals surface area contributed by atoms with Crippen LogP contribution < -0.4 is 18.9 Å². The molecular weight excluding hydrogens is 392 g/mol. The van der Waals surface area contributed by atoms with Crippen molar-refractivity contribution in [2.24, 2.45) is 0 Å². The lowest BCUT2D eigenvalue weighted by Gasteiger charge is -2.41. The van der Waals surface area contributed by atoms with Crippen LogP contribution in [0.5, 0.6) is 34.5 Å². The molecule has 0 saturated heterocycles. The molecule has 1 aliphatic rings. The molecule has 8 nitrogen and oxygen atoms in total. The van der Waals surface area contributed by atoms with Crippen LogP contribution in [0.4, 0.5) is 0 Å². The first kappa shape index (κ1) is 21.9. The van der Waals surface area contributed by atoms with Crippen molar-refractivity contribution >= 4 is 0 Å². The summed E-state index contributed by atoms with van der Waals surface area (Å²) in [4.78, 5) is 0. The highest BCUT2D eigenvalue weighted by Crippen LogP contribution is 2.55. The van der Waals surface area contributed by atoms with Gasteiger partial charge >= 0.3 is 0 Å². The second-order valence-electron chi connectivity index (χ2n) is 7.89. The van der Waals surface area contributed by atoms with E-state index >= 15 is 0 Å². The van der Waals surface area contributed by atoms with Gasteiger partial charge in [-0.05, 0) is 37.1 Å². The molecule has 4 N–H and O–H groups in total. The molecule has 2 aromatic carbocycles. The van der Waals surface area contributed by atoms with E-state index in [9.17, 15) is 20.4 Å². The zero-order chi connectivity index (χ0) is 22.4. The molecule has 8 heteroatoms. The number of hydrogen-bond donors (Lipinski definition) is 4. The second-order valence-corrected chi connectivity index (χ2v) is 7.89. The highest BCUT2D eigenvalue weighted by atomic mass is 16.5. The number of rotatable bonds is 4. The van der Waals surface area contributed by atoms with E-state index in [0.29, 0.717) is 39.5 Å². The number of benzene rings is 2. The van der Waals surface area contributed by atoms with Crippen LogP contribution in [0.3, 0.4) is 0 Å². The molecule has 0 aromatic heterocycles. The van der Waals surface area contributed by atoms with Gasteiger partial charge in [0, 0.05) is 24.0 Å². The first-order valence-corrected chi connectivity index (χ1v) is 9.41. The van der Waals surface area contributed by atoms with Gasteiger partial charge in [0.15, 0.2) is 23.0 Å². The number of fused-ring (bicyclic) bond motifs is 3. The van der Waals surface area contributed by atoms with Crippen molar-refractivity contribution in [3.63, 3.8) is 0 Å². The molecule has 0 spiro atoms. The molecular formula is C22H28O8. The van der Waals surface area contributed by atoms with Crippen LogP contribution in [-0.2, 0) is 12.8 Å². The van der Waals surface area contributed by atoms with E-state index in [0.717, 1.165) is 0 Å². The van der Waals surface area contributed by atoms with Crippen molar-refractivity contribution < 1.29 is 39.4 Å². The van der Waals surface area contributed by atoms with Crippen molar-refractivity contribution in [3.05, 3.63) is 23.3 Å². The SMILES string of the molecule is COc1cc2c(c(OC)c1OC)-c1c(cc(O)c(O)c1OC)C[C@](C)(O)[C@](C)(O)C2. The van der Waals surface area contributed by atoms with Crippen LogP contribution in [0.25, 0.3) is 11.1 Å². The molecule has 0 radical (unpaired) electrons. The lowest BCUT2D eigenvalue weighted by atomic mass is 9.72. The number of aliphatic hydroxyl groups is 2. The highest BCUT2D eigenvalue weighted by Gasteiger charge is 2.46. The van der Waals surface area contributed by atoms with E-state index < -0.39 is 22.7 Å². The Morgan fingerprint density at radius 2 is 1.17 bits per heavy atom. The van der Waals surface area contributed by atoms with Crippen LogP contribution in [0, 0.1) is 0 Å². The third-order valence-electron chi connectivity index (χ3n) is 5.91. The number of aromatic hydroxyl groups is 2. The summed E-state index contributed by atoms with van der Waals surface area (Å²) in [6.45, 7) is 3.07. The number of phenolic OH excluding ortho intramolecular Hbond substituents is 2. The van der Waals surface area contributed by atoms with Gasteiger partial charge in [0.1, 0.15) is 0 Å². The third-order valence-corrected chi connectivity index (χ3v) is 5.91. The number of methoxy groups -OCH3 is 4. The van der Waals surface area contributed by atoms with Gasteiger partial charge in [-0.2, -0.15) is 0 Å². The normalized spacial score (nSPS) is 22.9. The number of ether oxygens (including phenoxy) is 4. The van der Waals surface area contributed by atoms with Crippen LogP contribution in [0.15, 0.2) is 12.1 Å². The minimum atomic E-state index is -1.56. The van der Waals surface area contributed by atoms with Gasteiger partial charge in [-0.1, -0.05) is 0 Å². The van der Waals surface area contributed by atoms with E-state index in [2.05, 4.69) is 0 Å². The summed E-state index contributed by atoms with van der Waals surface area (Å²) in [5.74, 6) is 0.204. The van der Waals surface area contributed by atoms with Gasteiger partial charge in [-0.25, -0.2) is 0 Å². The average molecular weight is 420 g/mol. The van der Waals surface area contributed by atoms with Crippen LogP contribution in [0.1, 0.15) is 25.0 Å². The van der Waals surface area contributed by atoms with Gasteiger partial charge in [0.25, 0.3) is 0 Å². The smallest absolute Gasteiger partial charge is 0.203 e. The predicted octanol–water partition coefficient (Wildman–Crippen LogP) is 2.40. The Hall–Kier alpha value is -2.84. The monoisotopic (exact) mass is 420 g/mol. The maximum Gasteiger partial charge on any atom is 0.203 e. The van der Waals surface area contributed by atoms with E-state index in [1.165, 1.54) is 41.4 Å². The molecule has 0 bridgehead atoms. The third kappa shape index (κ3) is 3.16. The Kier molecular flexibility index (Phi) is 5.43. The summed E-state index contributed by atoms with van der Waals surface area (Å²) in [7, 11) is 5.80. The van der Waals surface area contributed by atoms with E-state index in [-0.39, 0.29) is 18.6 Å². The molecule has 2 atom stereocenters. The summed E-state index contributed by atoms with van der Waals surface area (Å²) in [5, 5.41) is 43.1. The van der Waals surface area contributed by atoms with E-state index in [1.807, 2.05) is 0 Å². The van der Waals surface area contributed by atoms with Gasteiger partial charge < -0.3 is 39.4 Å². The Morgan fingerprint density at radius 1 is 0.700 bits per heavy atom. The first-order chi connectivity index (χ1) is 14.0. The minimum absolute atomic E-state index is 0.0174. The molecule has 0 amide bonds. The molecule has 3 rings (SSSR count). The Morgan fingerprint density at radius 3 is 1.63 bits per heavy atom. The molecule has 0 saturated carbocycles. The standard InChI is InChI=1S/C22H28O8/c1-21(25)9-11-7-13(23)17(24)19(29-5)15(11)16-12(10-22(21,2)26)8-14(27-3)18(28-4)20(16)30-6/h7-8,23-26H,9-10H2,1-6H3/t21-,22+/m0/s1. The molecule has 1 aliphatic carbocycles. The Labute approximate surface area is 175 Å². The van der Waals surface area contributed by atoms with Gasteiger partial charge in [0.05, 0.1) is 39.6 Å². The molecule has 2 aromatic rings. The number of hydrogen-bond acceptors (Lipinski definition) is 8. The summed E-state index contributed by atoms with van der Waals surface area (Å²) in [6, 6.07) is 3.04. The molecule has 0 fully saturated rings. The van der Waals surface area contributed by atoms with Crippen LogP contribution in [-0.4, -0.2) is 60.1 Å². The minimum Gasteiger partial charge on any atom is -0.504 e. The predicted molar refractivity (Wildman–Crippen MR) is 110 cm³/mol. The lowest BCUT2D eigenvalue weighted by molar-refractivity contribution is -0.129. The summed E-state index contributed by atoms with van der Waals surface area (Å²) >= 11 is 0. The van der Waals surface area contributed by atoms with Crippen molar-refractivity contribution in [1.29, 1.82) is 0 Å². The van der Waals surface area contributed by atoms with Gasteiger partial charge in [-0.3, -0.25) is 0 Å². The Balaban J connectivity index is 2.55. The average Bonchev–Trinajstić information content (AvgIpc) is 2.68. The summed E-state index contributed by atoms with van der Waals surface area (Å²) < 4.78 is 22.1. The largest absolute Gasteiger partial charge is 0.504 e. The van der Waals surface area contributed by atoms with Crippen LogP contribution >= 0.6 is 0 Å². The highest BCUT2D eigenvalue weighted by molar-refractivity contribution is 5.88. The molecule has 164 valence electrons. The first-order valence-electron chi connectivity index (χ1n) is 9.41. The molecule has 0 unspecified atom stereocenters. The zero-order valence-electron chi connectivity index (χ0n) is 18.0.